The minimum Gasteiger partial charge on any atom is -0.369 e. The Morgan fingerprint density at radius 1 is 1.21 bits per heavy atom. The summed E-state index contributed by atoms with van der Waals surface area (Å²) in [6.45, 7) is 3.48. The number of thiazole rings is 1. The van der Waals surface area contributed by atoms with Crippen molar-refractivity contribution in [3.63, 3.8) is 0 Å². The first-order valence-electron chi connectivity index (χ1n) is 8.09. The van der Waals surface area contributed by atoms with E-state index in [0.29, 0.717) is 25.4 Å². The first kappa shape index (κ1) is 15.5. The van der Waals surface area contributed by atoms with E-state index >= 15 is 0 Å². The third-order valence-electron chi connectivity index (χ3n) is 4.55. The van der Waals surface area contributed by atoms with Crippen LogP contribution in [0.3, 0.4) is 0 Å². The molecule has 126 valence electrons. The summed E-state index contributed by atoms with van der Waals surface area (Å²) >= 11 is 1.64. The Morgan fingerprint density at radius 2 is 2.17 bits per heavy atom. The molecule has 1 unspecified atom stereocenters. The summed E-state index contributed by atoms with van der Waals surface area (Å²) in [5.74, 6) is -0.0721. The van der Waals surface area contributed by atoms with Crippen molar-refractivity contribution in [1.82, 2.24) is 19.9 Å². The second-order valence-corrected chi connectivity index (χ2v) is 7.06. The van der Waals surface area contributed by atoms with E-state index in [1.807, 2.05) is 16.5 Å². The number of carbonyl (C=O) groups excluding carboxylic acids is 1. The fourth-order valence-electron chi connectivity index (χ4n) is 3.47. The zero-order chi connectivity index (χ0) is 16.4. The lowest BCUT2D eigenvalue weighted by molar-refractivity contribution is -0.105. The highest BCUT2D eigenvalue weighted by Gasteiger charge is 2.42. The zero-order valence-electron chi connectivity index (χ0n) is 13.3. The predicted octanol–water partition coefficient (Wildman–Crippen LogP) is 1.44. The number of piperidine rings is 1. The molecule has 2 fully saturated rings. The Hall–Kier alpha value is -2.06. The molecule has 1 atom stereocenters. The summed E-state index contributed by atoms with van der Waals surface area (Å²) in [4.78, 5) is 29.3. The van der Waals surface area contributed by atoms with Crippen molar-refractivity contribution in [2.75, 3.05) is 37.7 Å². The molecule has 2 saturated heterocycles. The number of amides is 1. The molecule has 4 rings (SSSR count). The molecule has 0 aromatic carbocycles. The molecule has 1 spiro atoms. The maximum atomic E-state index is 12.7. The molecule has 2 aliphatic rings. The lowest BCUT2D eigenvalue weighted by atomic mass is 9.91. The molecule has 0 saturated carbocycles. The number of nitrogens with zero attached hydrogens (tertiary/aromatic N) is 5. The second kappa shape index (κ2) is 6.45. The van der Waals surface area contributed by atoms with Crippen molar-refractivity contribution >= 4 is 22.4 Å². The van der Waals surface area contributed by atoms with Gasteiger partial charge in [0.2, 0.25) is 0 Å². The lowest BCUT2D eigenvalue weighted by Crippen LogP contribution is -2.60. The Kier molecular flexibility index (Phi) is 4.15. The molecular formula is C16H19N5O2S. The summed E-state index contributed by atoms with van der Waals surface area (Å²) < 4.78 is 6.16. The quantitative estimate of drug-likeness (QED) is 0.820. The molecular weight excluding hydrogens is 326 g/mol. The maximum Gasteiger partial charge on any atom is 0.274 e. The van der Waals surface area contributed by atoms with E-state index in [1.165, 1.54) is 6.20 Å². The summed E-state index contributed by atoms with van der Waals surface area (Å²) in [5, 5.41) is 3.01. The van der Waals surface area contributed by atoms with Gasteiger partial charge in [-0.05, 0) is 12.8 Å². The molecule has 0 radical (unpaired) electrons. The molecule has 4 heterocycles. The molecule has 2 aliphatic heterocycles. The molecule has 0 N–H and O–H groups in total. The Bertz CT molecular complexity index is 692. The van der Waals surface area contributed by atoms with Gasteiger partial charge in [0.15, 0.2) is 5.13 Å². The summed E-state index contributed by atoms with van der Waals surface area (Å²) in [6, 6.07) is 0. The lowest BCUT2D eigenvalue weighted by Gasteiger charge is -2.47. The van der Waals surface area contributed by atoms with Crippen LogP contribution in [0.2, 0.25) is 0 Å². The number of carbonyl (C=O) groups is 1. The van der Waals surface area contributed by atoms with E-state index in [0.717, 1.165) is 31.1 Å². The van der Waals surface area contributed by atoms with Crippen molar-refractivity contribution in [3.8, 4) is 0 Å². The predicted molar refractivity (Wildman–Crippen MR) is 90.2 cm³/mol. The second-order valence-electron chi connectivity index (χ2n) is 6.19. The van der Waals surface area contributed by atoms with Crippen molar-refractivity contribution in [2.24, 2.45) is 0 Å². The van der Waals surface area contributed by atoms with Gasteiger partial charge in [-0.15, -0.1) is 11.3 Å². The molecule has 24 heavy (non-hydrogen) atoms. The van der Waals surface area contributed by atoms with Gasteiger partial charge in [-0.1, -0.05) is 0 Å². The highest BCUT2D eigenvalue weighted by Crippen LogP contribution is 2.32. The number of rotatable bonds is 2. The van der Waals surface area contributed by atoms with Gasteiger partial charge in [0.05, 0.1) is 25.9 Å². The highest BCUT2D eigenvalue weighted by molar-refractivity contribution is 7.13. The van der Waals surface area contributed by atoms with Gasteiger partial charge >= 0.3 is 0 Å². The van der Waals surface area contributed by atoms with Gasteiger partial charge < -0.3 is 14.5 Å². The van der Waals surface area contributed by atoms with Crippen LogP contribution < -0.4 is 4.90 Å². The van der Waals surface area contributed by atoms with Gasteiger partial charge in [0.1, 0.15) is 11.3 Å². The van der Waals surface area contributed by atoms with E-state index in [-0.39, 0.29) is 11.5 Å². The van der Waals surface area contributed by atoms with Crippen LogP contribution >= 0.6 is 11.3 Å². The highest BCUT2D eigenvalue weighted by atomic mass is 32.1. The molecule has 0 bridgehead atoms. The number of hydrogen-bond acceptors (Lipinski definition) is 7. The van der Waals surface area contributed by atoms with Crippen molar-refractivity contribution in [2.45, 2.75) is 18.4 Å². The number of anilines is 1. The van der Waals surface area contributed by atoms with Crippen molar-refractivity contribution in [1.29, 1.82) is 0 Å². The van der Waals surface area contributed by atoms with Crippen LogP contribution in [-0.4, -0.2) is 64.1 Å². The van der Waals surface area contributed by atoms with Crippen molar-refractivity contribution in [3.05, 3.63) is 35.9 Å². The maximum absolute atomic E-state index is 12.7. The minimum absolute atomic E-state index is 0.0721. The average molecular weight is 345 g/mol. The van der Waals surface area contributed by atoms with Gasteiger partial charge in [-0.25, -0.2) is 9.97 Å². The number of ether oxygens (including phenoxy) is 1. The molecule has 0 aliphatic carbocycles. The van der Waals surface area contributed by atoms with Crippen LogP contribution in [0.4, 0.5) is 5.13 Å². The molecule has 8 heteroatoms. The molecule has 2 aromatic heterocycles. The minimum atomic E-state index is -0.319. The van der Waals surface area contributed by atoms with Gasteiger partial charge in [0.25, 0.3) is 5.91 Å². The van der Waals surface area contributed by atoms with E-state index in [9.17, 15) is 4.79 Å². The molecule has 2 aromatic rings. The number of aromatic nitrogens is 3. The molecule has 7 nitrogen and oxygen atoms in total. The van der Waals surface area contributed by atoms with E-state index < -0.39 is 0 Å². The van der Waals surface area contributed by atoms with Crippen LogP contribution in [-0.2, 0) is 4.74 Å². The van der Waals surface area contributed by atoms with Gasteiger partial charge in [0, 0.05) is 37.1 Å². The third-order valence-corrected chi connectivity index (χ3v) is 5.38. The average Bonchev–Trinajstić information content (AvgIpc) is 3.17. The van der Waals surface area contributed by atoms with Crippen molar-refractivity contribution < 1.29 is 9.53 Å². The number of morpholine rings is 1. The Labute approximate surface area is 144 Å². The smallest absolute Gasteiger partial charge is 0.274 e. The van der Waals surface area contributed by atoms with Gasteiger partial charge in [-0.2, -0.15) is 0 Å². The zero-order valence-corrected chi connectivity index (χ0v) is 14.1. The van der Waals surface area contributed by atoms with Crippen LogP contribution in [0.5, 0.6) is 0 Å². The molecule has 1 amide bonds. The van der Waals surface area contributed by atoms with Crippen LogP contribution in [0, 0.1) is 0 Å². The van der Waals surface area contributed by atoms with Crippen LogP contribution in [0.25, 0.3) is 0 Å². The Morgan fingerprint density at radius 3 is 2.96 bits per heavy atom. The van der Waals surface area contributed by atoms with E-state index in [2.05, 4.69) is 19.9 Å². The van der Waals surface area contributed by atoms with E-state index in [4.69, 9.17) is 4.74 Å². The van der Waals surface area contributed by atoms with Gasteiger partial charge in [-0.3, -0.25) is 9.78 Å². The summed E-state index contributed by atoms with van der Waals surface area (Å²) in [6.07, 6.45) is 8.46. The monoisotopic (exact) mass is 345 g/mol. The fourth-order valence-corrected chi connectivity index (χ4v) is 4.14. The van der Waals surface area contributed by atoms with Crippen LogP contribution in [0.15, 0.2) is 30.2 Å². The van der Waals surface area contributed by atoms with E-state index in [1.54, 1.807) is 23.7 Å². The third kappa shape index (κ3) is 2.99. The standard InChI is InChI=1S/C16H19N5O2S/c22-14(13-10-17-3-4-18-13)20-7-8-23-16(11-20)2-1-6-21(12-16)15-19-5-9-24-15/h3-5,9-10H,1-2,6-8,11-12H2. The summed E-state index contributed by atoms with van der Waals surface area (Å²) in [5.41, 5.74) is 0.0715. The first-order valence-corrected chi connectivity index (χ1v) is 8.97. The SMILES string of the molecule is O=C(c1cnccn1)N1CCOC2(CCCN(c3nccs3)C2)C1. The first-order chi connectivity index (χ1) is 11.8. The topological polar surface area (TPSA) is 71.5 Å². The van der Waals surface area contributed by atoms with Crippen LogP contribution in [0.1, 0.15) is 23.3 Å². The Balaban J connectivity index is 1.50. The number of hydrogen-bond donors (Lipinski definition) is 0. The largest absolute Gasteiger partial charge is 0.369 e. The summed E-state index contributed by atoms with van der Waals surface area (Å²) in [7, 11) is 0. The fraction of sp³-hybridized carbons (Fsp3) is 0.500. The normalized spacial score (nSPS) is 24.3.